The number of nitrogens with one attached hydrogen (secondary N) is 2. The third-order valence-electron chi connectivity index (χ3n) is 4.24. The topological polar surface area (TPSA) is 146 Å². The van der Waals surface area contributed by atoms with Gasteiger partial charge in [0.2, 0.25) is 11.8 Å². The summed E-state index contributed by atoms with van der Waals surface area (Å²) >= 11 is 0. The van der Waals surface area contributed by atoms with Gasteiger partial charge in [-0.25, -0.2) is 9.59 Å². The minimum absolute atomic E-state index is 0.0107. The van der Waals surface area contributed by atoms with Crippen LogP contribution in [-0.2, 0) is 9.53 Å². The van der Waals surface area contributed by atoms with E-state index < -0.39 is 23.1 Å². The molecule has 0 unspecified atom stereocenters. The van der Waals surface area contributed by atoms with Crippen LogP contribution in [-0.4, -0.2) is 36.8 Å². The van der Waals surface area contributed by atoms with Crippen molar-refractivity contribution < 1.29 is 23.7 Å². The fourth-order valence-corrected chi connectivity index (χ4v) is 3.07. The molecule has 4 N–H and O–H groups in total. The van der Waals surface area contributed by atoms with Crippen LogP contribution in [0.5, 0.6) is 17.4 Å². The molecule has 0 amide bonds. The first-order valence-electron chi connectivity index (χ1n) is 8.34. The molecule has 2 heterocycles. The Morgan fingerprint density at radius 3 is 2.61 bits per heavy atom. The van der Waals surface area contributed by atoms with Gasteiger partial charge in [0.15, 0.2) is 0 Å². The number of esters is 1. The molecule has 1 aliphatic heterocycles. The molecule has 2 aromatic rings. The van der Waals surface area contributed by atoms with Gasteiger partial charge in [-0.15, -0.1) is 0 Å². The summed E-state index contributed by atoms with van der Waals surface area (Å²) in [4.78, 5) is 41.4. The van der Waals surface area contributed by atoms with Gasteiger partial charge in [0, 0.05) is 5.56 Å². The second-order valence-electron chi connectivity index (χ2n) is 5.79. The molecule has 0 saturated carbocycles. The van der Waals surface area contributed by atoms with E-state index >= 15 is 0 Å². The lowest BCUT2D eigenvalue weighted by Crippen LogP contribution is -2.36. The highest BCUT2D eigenvalue weighted by atomic mass is 16.5. The van der Waals surface area contributed by atoms with Gasteiger partial charge in [-0.05, 0) is 25.1 Å². The van der Waals surface area contributed by atoms with Crippen LogP contribution in [0.3, 0.4) is 0 Å². The number of ether oxygens (including phenoxy) is 4. The highest BCUT2D eigenvalue weighted by Crippen LogP contribution is 2.43. The van der Waals surface area contributed by atoms with Crippen molar-refractivity contribution in [3.8, 4) is 17.4 Å². The van der Waals surface area contributed by atoms with Crippen LogP contribution >= 0.6 is 0 Å². The van der Waals surface area contributed by atoms with Crippen LogP contribution in [0.1, 0.15) is 24.0 Å². The monoisotopic (exact) mass is 389 g/mol. The number of fused-ring (bicyclic) bond motifs is 1. The zero-order valence-electron chi connectivity index (χ0n) is 15.5. The molecule has 10 nitrogen and oxygen atoms in total. The van der Waals surface area contributed by atoms with Crippen LogP contribution in [0.4, 0.5) is 0 Å². The summed E-state index contributed by atoms with van der Waals surface area (Å²) in [7, 11) is 2.92. The van der Waals surface area contributed by atoms with E-state index in [1.807, 2.05) is 0 Å². The number of nitrogens with two attached hydrogens (primary N) is 1. The van der Waals surface area contributed by atoms with E-state index in [0.29, 0.717) is 17.1 Å². The Bertz CT molecular complexity index is 1070. The minimum Gasteiger partial charge on any atom is -0.497 e. The number of hydrogen-bond donors (Lipinski definition) is 3. The van der Waals surface area contributed by atoms with Gasteiger partial charge in [-0.2, -0.15) is 0 Å². The Morgan fingerprint density at radius 1 is 1.21 bits per heavy atom. The van der Waals surface area contributed by atoms with Crippen molar-refractivity contribution in [2.24, 2.45) is 5.73 Å². The maximum absolute atomic E-state index is 12.6. The summed E-state index contributed by atoms with van der Waals surface area (Å²) in [6.07, 6.45) is 0. The van der Waals surface area contributed by atoms with Gasteiger partial charge in [0.05, 0.1) is 32.3 Å². The van der Waals surface area contributed by atoms with Gasteiger partial charge in [-0.3, -0.25) is 14.8 Å². The van der Waals surface area contributed by atoms with E-state index in [1.165, 1.54) is 14.2 Å². The van der Waals surface area contributed by atoms with E-state index in [1.54, 1.807) is 25.1 Å². The number of aromatic amines is 2. The predicted molar refractivity (Wildman–Crippen MR) is 97.5 cm³/mol. The summed E-state index contributed by atoms with van der Waals surface area (Å²) in [6, 6.07) is 4.90. The van der Waals surface area contributed by atoms with Crippen molar-refractivity contribution in [2.45, 2.75) is 12.8 Å². The second-order valence-corrected chi connectivity index (χ2v) is 5.79. The highest BCUT2D eigenvalue weighted by molar-refractivity contribution is 5.92. The number of carbonyl (C=O) groups excluding carboxylic acids is 1. The van der Waals surface area contributed by atoms with Crippen molar-refractivity contribution in [1.82, 2.24) is 9.97 Å². The molecule has 0 fully saturated rings. The Kier molecular flexibility index (Phi) is 5.12. The Hall–Kier alpha value is -3.69. The normalized spacial score (nSPS) is 15.5. The van der Waals surface area contributed by atoms with Gasteiger partial charge in [-0.1, -0.05) is 0 Å². The molecule has 0 saturated heterocycles. The molecule has 0 bridgehead atoms. The van der Waals surface area contributed by atoms with E-state index in [0.717, 1.165) is 0 Å². The maximum atomic E-state index is 12.6. The lowest BCUT2D eigenvalue weighted by molar-refractivity contribution is -0.139. The van der Waals surface area contributed by atoms with Crippen molar-refractivity contribution >= 4 is 5.97 Å². The first-order valence-corrected chi connectivity index (χ1v) is 8.34. The first kappa shape index (κ1) is 19.1. The van der Waals surface area contributed by atoms with Crippen molar-refractivity contribution in [3.05, 3.63) is 61.6 Å². The fraction of sp³-hybridized carbons (Fsp3) is 0.278. The number of methoxy groups -OCH3 is 2. The summed E-state index contributed by atoms with van der Waals surface area (Å²) in [6.45, 7) is 1.73. The number of hydrogen-bond acceptors (Lipinski definition) is 8. The van der Waals surface area contributed by atoms with Gasteiger partial charge < -0.3 is 24.7 Å². The Morgan fingerprint density at radius 2 is 1.96 bits per heavy atom. The number of benzene rings is 1. The summed E-state index contributed by atoms with van der Waals surface area (Å²) in [5, 5.41) is 0. The van der Waals surface area contributed by atoms with Gasteiger partial charge in [0.1, 0.15) is 17.1 Å². The van der Waals surface area contributed by atoms with Crippen LogP contribution in [0.2, 0.25) is 0 Å². The molecule has 1 atom stereocenters. The molecule has 0 radical (unpaired) electrons. The molecule has 1 aliphatic rings. The Labute approximate surface area is 158 Å². The van der Waals surface area contributed by atoms with Crippen LogP contribution in [0.15, 0.2) is 39.2 Å². The second kappa shape index (κ2) is 7.51. The Balaban J connectivity index is 2.36. The molecular weight excluding hydrogens is 370 g/mol. The van der Waals surface area contributed by atoms with Gasteiger partial charge in [0.25, 0.3) is 5.56 Å². The summed E-state index contributed by atoms with van der Waals surface area (Å²) in [5.41, 5.74) is 4.78. The zero-order chi connectivity index (χ0) is 20.4. The van der Waals surface area contributed by atoms with Crippen LogP contribution < -0.4 is 31.2 Å². The average molecular weight is 389 g/mol. The summed E-state index contributed by atoms with van der Waals surface area (Å²) < 4.78 is 21.1. The molecule has 10 heteroatoms. The van der Waals surface area contributed by atoms with Crippen molar-refractivity contribution in [2.75, 3.05) is 20.8 Å². The predicted octanol–water partition coefficient (Wildman–Crippen LogP) is 0.338. The van der Waals surface area contributed by atoms with Crippen molar-refractivity contribution in [3.63, 3.8) is 0 Å². The van der Waals surface area contributed by atoms with E-state index in [9.17, 15) is 14.4 Å². The standard InChI is InChI=1S/C18H19N3O7/c1-4-27-17(23)12-11(9-7-8(25-2)5-6-10(9)26-3)13-15(22)20-18(24)21-16(13)28-14(12)19/h5-7,11H,4,19H2,1-3H3,(H2,20,21,22,24)/t11-/m1/s1. The van der Waals surface area contributed by atoms with E-state index in [2.05, 4.69) is 9.97 Å². The first-order chi connectivity index (χ1) is 13.4. The van der Waals surface area contributed by atoms with E-state index in [-0.39, 0.29) is 29.5 Å². The lowest BCUT2D eigenvalue weighted by Gasteiger charge is -2.28. The molecule has 1 aromatic carbocycles. The lowest BCUT2D eigenvalue weighted by atomic mass is 9.83. The highest BCUT2D eigenvalue weighted by Gasteiger charge is 2.39. The molecule has 3 rings (SSSR count). The number of carbonyl (C=O) groups is 1. The number of H-pyrrole nitrogens is 2. The third-order valence-corrected chi connectivity index (χ3v) is 4.24. The quantitative estimate of drug-likeness (QED) is 0.621. The van der Waals surface area contributed by atoms with Crippen LogP contribution in [0, 0.1) is 0 Å². The smallest absolute Gasteiger partial charge is 0.340 e. The largest absolute Gasteiger partial charge is 0.497 e. The number of aromatic nitrogens is 2. The van der Waals surface area contributed by atoms with E-state index in [4.69, 9.17) is 24.7 Å². The molecular formula is C18H19N3O7. The summed E-state index contributed by atoms with van der Waals surface area (Å²) in [5.74, 6) is -1.39. The minimum atomic E-state index is -1.02. The molecule has 1 aromatic heterocycles. The third kappa shape index (κ3) is 3.20. The molecule has 0 spiro atoms. The van der Waals surface area contributed by atoms with Crippen molar-refractivity contribution in [1.29, 1.82) is 0 Å². The van der Waals surface area contributed by atoms with Crippen LogP contribution in [0.25, 0.3) is 0 Å². The molecule has 28 heavy (non-hydrogen) atoms. The maximum Gasteiger partial charge on any atom is 0.340 e. The zero-order valence-corrected chi connectivity index (χ0v) is 15.5. The average Bonchev–Trinajstić information content (AvgIpc) is 2.66. The SMILES string of the molecule is CCOC(=O)C1=C(N)Oc2[nH]c(=O)[nH]c(=O)c2[C@@H]1c1cc(OC)ccc1OC. The molecule has 148 valence electrons. The fourth-order valence-electron chi connectivity index (χ4n) is 3.07. The van der Waals surface area contributed by atoms with Gasteiger partial charge >= 0.3 is 11.7 Å². The molecule has 0 aliphatic carbocycles. The number of rotatable bonds is 5.